The molecule has 4 heteroatoms. The highest BCUT2D eigenvalue weighted by atomic mass is 32.2. The zero-order chi connectivity index (χ0) is 13.8. The first kappa shape index (κ1) is 14.3. The number of nitrogen functional groups attached to an aromatic ring is 1. The highest BCUT2D eigenvalue weighted by Gasteiger charge is 2.28. The van der Waals surface area contributed by atoms with Crippen molar-refractivity contribution >= 4 is 23.4 Å². The SMILES string of the molecule is CC1SCCN(C(=O)CCc2ccccc2N)C1C. The molecule has 0 saturated carbocycles. The molecule has 2 atom stereocenters. The maximum atomic E-state index is 12.3. The van der Waals surface area contributed by atoms with Crippen LogP contribution in [0.4, 0.5) is 5.69 Å². The molecule has 1 fully saturated rings. The minimum Gasteiger partial charge on any atom is -0.399 e. The molecule has 2 N–H and O–H groups in total. The number of benzene rings is 1. The van der Waals surface area contributed by atoms with Crippen LogP contribution in [0.25, 0.3) is 0 Å². The van der Waals surface area contributed by atoms with E-state index < -0.39 is 0 Å². The van der Waals surface area contributed by atoms with Crippen LogP contribution < -0.4 is 5.73 Å². The average molecular weight is 278 g/mol. The first-order valence-electron chi connectivity index (χ1n) is 6.84. The molecule has 2 rings (SSSR count). The van der Waals surface area contributed by atoms with E-state index in [1.165, 1.54) is 0 Å². The Morgan fingerprint density at radius 3 is 2.89 bits per heavy atom. The van der Waals surface area contributed by atoms with Crippen molar-refractivity contribution in [3.8, 4) is 0 Å². The highest BCUT2D eigenvalue weighted by molar-refractivity contribution is 8.00. The van der Waals surface area contributed by atoms with Gasteiger partial charge in [-0.2, -0.15) is 11.8 Å². The van der Waals surface area contributed by atoms with Crippen LogP contribution in [0.5, 0.6) is 0 Å². The fraction of sp³-hybridized carbons (Fsp3) is 0.533. The first-order valence-corrected chi connectivity index (χ1v) is 7.89. The quantitative estimate of drug-likeness (QED) is 0.864. The Hall–Kier alpha value is -1.16. The molecule has 1 saturated heterocycles. The van der Waals surface area contributed by atoms with E-state index in [2.05, 4.69) is 13.8 Å². The predicted octanol–water partition coefficient (Wildman–Crippen LogP) is 2.55. The summed E-state index contributed by atoms with van der Waals surface area (Å²) in [6.45, 7) is 5.22. The van der Waals surface area contributed by atoms with Gasteiger partial charge in [-0.05, 0) is 25.0 Å². The smallest absolute Gasteiger partial charge is 0.223 e. The van der Waals surface area contributed by atoms with Gasteiger partial charge < -0.3 is 10.6 Å². The van der Waals surface area contributed by atoms with Gasteiger partial charge in [0, 0.05) is 35.7 Å². The second-order valence-corrected chi connectivity index (χ2v) is 6.59. The number of amides is 1. The molecule has 0 radical (unpaired) electrons. The summed E-state index contributed by atoms with van der Waals surface area (Å²) in [5.74, 6) is 1.30. The van der Waals surface area contributed by atoms with E-state index in [-0.39, 0.29) is 5.91 Å². The monoisotopic (exact) mass is 278 g/mol. The van der Waals surface area contributed by atoms with Crippen molar-refractivity contribution in [2.45, 2.75) is 38.0 Å². The van der Waals surface area contributed by atoms with Crippen molar-refractivity contribution in [3.05, 3.63) is 29.8 Å². The summed E-state index contributed by atoms with van der Waals surface area (Å²) < 4.78 is 0. The number of thioether (sulfide) groups is 1. The van der Waals surface area contributed by atoms with Gasteiger partial charge in [-0.1, -0.05) is 25.1 Å². The first-order chi connectivity index (χ1) is 9.09. The summed E-state index contributed by atoms with van der Waals surface area (Å²) in [7, 11) is 0. The maximum absolute atomic E-state index is 12.3. The standard InChI is InChI=1S/C15H22N2OS/c1-11-12(2)19-10-9-17(11)15(18)8-7-13-5-3-4-6-14(13)16/h3-6,11-12H,7-10,16H2,1-2H3. The number of anilines is 1. The second kappa shape index (κ2) is 6.33. The van der Waals surface area contributed by atoms with Crippen molar-refractivity contribution in [1.29, 1.82) is 0 Å². The van der Waals surface area contributed by atoms with Crippen molar-refractivity contribution in [2.75, 3.05) is 18.0 Å². The molecular weight excluding hydrogens is 256 g/mol. The number of carbonyl (C=O) groups excluding carboxylic acids is 1. The normalized spacial score (nSPS) is 23.4. The molecule has 0 aliphatic carbocycles. The van der Waals surface area contributed by atoms with Crippen LogP contribution >= 0.6 is 11.8 Å². The van der Waals surface area contributed by atoms with E-state index in [4.69, 9.17) is 5.73 Å². The average Bonchev–Trinajstić information content (AvgIpc) is 2.40. The zero-order valence-electron chi connectivity index (χ0n) is 11.6. The lowest BCUT2D eigenvalue weighted by molar-refractivity contribution is -0.133. The summed E-state index contributed by atoms with van der Waals surface area (Å²) in [6, 6.07) is 8.12. The van der Waals surface area contributed by atoms with Crippen LogP contribution in [0, 0.1) is 0 Å². The van der Waals surface area contributed by atoms with Crippen molar-refractivity contribution < 1.29 is 4.79 Å². The minimum absolute atomic E-state index is 0.253. The van der Waals surface area contributed by atoms with E-state index in [0.29, 0.717) is 17.7 Å². The van der Waals surface area contributed by atoms with Gasteiger partial charge in [0.25, 0.3) is 0 Å². The number of hydrogen-bond donors (Lipinski definition) is 1. The number of nitrogens with zero attached hydrogens (tertiary/aromatic N) is 1. The fourth-order valence-corrected chi connectivity index (χ4v) is 3.53. The number of hydrogen-bond acceptors (Lipinski definition) is 3. The number of aryl methyl sites for hydroxylation is 1. The van der Waals surface area contributed by atoms with Gasteiger partial charge >= 0.3 is 0 Å². The predicted molar refractivity (Wildman–Crippen MR) is 82.3 cm³/mol. The summed E-state index contributed by atoms with van der Waals surface area (Å²) in [5, 5.41) is 0.527. The largest absolute Gasteiger partial charge is 0.399 e. The lowest BCUT2D eigenvalue weighted by atomic mass is 10.1. The molecule has 0 aromatic heterocycles. The number of para-hydroxylation sites is 1. The van der Waals surface area contributed by atoms with Crippen molar-refractivity contribution in [2.24, 2.45) is 0 Å². The number of nitrogens with two attached hydrogens (primary N) is 1. The summed E-state index contributed by atoms with van der Waals surface area (Å²) in [5.41, 5.74) is 7.76. The summed E-state index contributed by atoms with van der Waals surface area (Å²) in [6.07, 6.45) is 1.28. The Morgan fingerprint density at radius 1 is 1.42 bits per heavy atom. The van der Waals surface area contributed by atoms with E-state index in [1.54, 1.807) is 0 Å². The van der Waals surface area contributed by atoms with Gasteiger partial charge in [0.15, 0.2) is 0 Å². The van der Waals surface area contributed by atoms with Crippen molar-refractivity contribution in [1.82, 2.24) is 4.90 Å². The summed E-state index contributed by atoms with van der Waals surface area (Å²) >= 11 is 1.95. The maximum Gasteiger partial charge on any atom is 0.223 e. The number of carbonyl (C=O) groups is 1. The Morgan fingerprint density at radius 2 is 2.16 bits per heavy atom. The second-order valence-electron chi connectivity index (χ2n) is 5.10. The molecule has 0 spiro atoms. The molecule has 1 aliphatic rings. The lowest BCUT2D eigenvalue weighted by Gasteiger charge is -2.37. The van der Waals surface area contributed by atoms with Crippen LogP contribution in [-0.2, 0) is 11.2 Å². The zero-order valence-corrected chi connectivity index (χ0v) is 12.5. The Balaban J connectivity index is 1.92. The van der Waals surface area contributed by atoms with E-state index >= 15 is 0 Å². The van der Waals surface area contributed by atoms with Gasteiger partial charge in [0.2, 0.25) is 5.91 Å². The van der Waals surface area contributed by atoms with Crippen LogP contribution in [0.1, 0.15) is 25.8 Å². The van der Waals surface area contributed by atoms with Gasteiger partial charge in [-0.15, -0.1) is 0 Å². The topological polar surface area (TPSA) is 46.3 Å². The molecule has 1 aliphatic heterocycles. The minimum atomic E-state index is 0.253. The Bertz CT molecular complexity index is 450. The molecule has 3 nitrogen and oxygen atoms in total. The van der Waals surface area contributed by atoms with Crippen LogP contribution in [-0.4, -0.2) is 34.4 Å². The third kappa shape index (κ3) is 3.44. The molecule has 1 aromatic rings. The molecule has 1 heterocycles. The van der Waals surface area contributed by atoms with Gasteiger partial charge in [-0.3, -0.25) is 4.79 Å². The molecular formula is C15H22N2OS. The third-order valence-electron chi connectivity index (χ3n) is 3.87. The van der Waals surface area contributed by atoms with Crippen LogP contribution in [0.3, 0.4) is 0 Å². The molecule has 104 valence electrons. The Kier molecular flexibility index (Phi) is 4.75. The van der Waals surface area contributed by atoms with Crippen molar-refractivity contribution in [3.63, 3.8) is 0 Å². The van der Waals surface area contributed by atoms with E-state index in [9.17, 15) is 4.79 Å². The van der Waals surface area contributed by atoms with Gasteiger partial charge in [0.1, 0.15) is 0 Å². The van der Waals surface area contributed by atoms with E-state index in [0.717, 1.165) is 30.0 Å². The molecule has 1 amide bonds. The van der Waals surface area contributed by atoms with Crippen LogP contribution in [0.2, 0.25) is 0 Å². The Labute approximate surface area is 119 Å². The lowest BCUT2D eigenvalue weighted by Crippen LogP contribution is -2.48. The highest BCUT2D eigenvalue weighted by Crippen LogP contribution is 2.25. The fourth-order valence-electron chi connectivity index (χ4n) is 2.43. The van der Waals surface area contributed by atoms with Gasteiger partial charge in [-0.25, -0.2) is 0 Å². The molecule has 2 unspecified atom stereocenters. The molecule has 0 bridgehead atoms. The van der Waals surface area contributed by atoms with Crippen LogP contribution in [0.15, 0.2) is 24.3 Å². The molecule has 19 heavy (non-hydrogen) atoms. The summed E-state index contributed by atoms with van der Waals surface area (Å²) in [4.78, 5) is 14.3. The third-order valence-corrected chi connectivity index (χ3v) is 5.21. The van der Waals surface area contributed by atoms with E-state index in [1.807, 2.05) is 40.9 Å². The number of rotatable bonds is 3. The van der Waals surface area contributed by atoms with Gasteiger partial charge in [0.05, 0.1) is 0 Å². The molecule has 1 aromatic carbocycles.